The first-order valence-corrected chi connectivity index (χ1v) is 6.91. The smallest absolute Gasteiger partial charge is 0.345 e. The Kier molecular flexibility index (Phi) is 4.56. The number of alkyl halides is 3. The molecule has 6 heteroatoms. The van der Waals surface area contributed by atoms with Crippen molar-refractivity contribution in [3.63, 3.8) is 0 Å². The lowest BCUT2D eigenvalue weighted by molar-refractivity contribution is -0.137. The number of carbonyl (C=O) groups is 1. The first-order valence-electron chi connectivity index (χ1n) is 6.91. The lowest BCUT2D eigenvalue weighted by Gasteiger charge is -2.35. The molecule has 0 unspecified atom stereocenters. The molecule has 2 rings (SSSR count). The minimum Gasteiger partial charge on any atom is -0.345 e. The zero-order chi connectivity index (χ0) is 15.6. The van der Waals surface area contributed by atoms with E-state index in [-0.39, 0.29) is 18.4 Å². The van der Waals surface area contributed by atoms with Gasteiger partial charge in [0, 0.05) is 19.6 Å². The molecule has 1 amide bonds. The van der Waals surface area contributed by atoms with Gasteiger partial charge >= 0.3 is 6.18 Å². The zero-order valence-corrected chi connectivity index (χ0v) is 11.9. The molecule has 1 saturated carbocycles. The molecule has 3 nitrogen and oxygen atoms in total. The number of nitrogens with zero attached hydrogens (tertiary/aromatic N) is 1. The lowest BCUT2D eigenvalue weighted by Crippen LogP contribution is -2.43. The quantitative estimate of drug-likeness (QED) is 0.928. The average molecular weight is 300 g/mol. The maximum absolute atomic E-state index is 12.4. The van der Waals surface area contributed by atoms with E-state index in [0.29, 0.717) is 18.0 Å². The first-order chi connectivity index (χ1) is 9.75. The molecule has 0 spiro atoms. The molecule has 0 radical (unpaired) electrons. The van der Waals surface area contributed by atoms with Crippen molar-refractivity contribution >= 4 is 5.91 Å². The van der Waals surface area contributed by atoms with Crippen molar-refractivity contribution < 1.29 is 18.0 Å². The van der Waals surface area contributed by atoms with E-state index in [0.717, 1.165) is 25.0 Å². The zero-order valence-electron chi connectivity index (χ0n) is 11.9. The maximum atomic E-state index is 12.4. The van der Waals surface area contributed by atoms with E-state index in [4.69, 9.17) is 5.73 Å². The third kappa shape index (κ3) is 4.20. The molecule has 1 aliphatic rings. The Bertz CT molecular complexity index is 493. The Morgan fingerprint density at radius 1 is 1.29 bits per heavy atom. The molecule has 0 aliphatic heterocycles. The third-order valence-corrected chi connectivity index (χ3v) is 3.87. The van der Waals surface area contributed by atoms with Crippen molar-refractivity contribution in [1.82, 2.24) is 4.90 Å². The molecule has 0 saturated heterocycles. The molecule has 1 fully saturated rings. The number of carbonyl (C=O) groups excluding carboxylic acids is 1. The van der Waals surface area contributed by atoms with E-state index in [1.807, 2.05) is 0 Å². The minimum atomic E-state index is -4.34. The summed E-state index contributed by atoms with van der Waals surface area (Å²) in [6.45, 7) is 0.660. The molecule has 0 atom stereocenters. The monoisotopic (exact) mass is 300 g/mol. The highest BCUT2D eigenvalue weighted by Crippen LogP contribution is 2.29. The minimum absolute atomic E-state index is 0.0877. The summed E-state index contributed by atoms with van der Waals surface area (Å²) in [6, 6.07) is 4.97. The second kappa shape index (κ2) is 6.05. The van der Waals surface area contributed by atoms with Crippen molar-refractivity contribution in [3.05, 3.63) is 35.4 Å². The summed E-state index contributed by atoms with van der Waals surface area (Å²) >= 11 is 0. The van der Waals surface area contributed by atoms with Crippen LogP contribution in [0, 0.1) is 5.92 Å². The van der Waals surface area contributed by atoms with Crippen LogP contribution in [0.2, 0.25) is 0 Å². The molecule has 0 bridgehead atoms. The number of hydrogen-bond donors (Lipinski definition) is 1. The Labute approximate surface area is 121 Å². The van der Waals surface area contributed by atoms with E-state index in [2.05, 4.69) is 0 Å². The number of likely N-dealkylation sites (N-methyl/N-ethyl adjacent to an activating group) is 1. The molecule has 0 aromatic heterocycles. The van der Waals surface area contributed by atoms with Crippen LogP contribution < -0.4 is 5.73 Å². The molecule has 2 N–H and O–H groups in total. The fourth-order valence-electron chi connectivity index (χ4n) is 2.55. The van der Waals surface area contributed by atoms with Crippen molar-refractivity contribution in [1.29, 1.82) is 0 Å². The lowest BCUT2D eigenvalue weighted by atomic mass is 9.80. The Balaban J connectivity index is 1.87. The number of halogens is 3. The maximum Gasteiger partial charge on any atom is 0.416 e. The molecule has 1 aromatic rings. The fraction of sp³-hybridized carbons (Fsp3) is 0.533. The summed E-state index contributed by atoms with van der Waals surface area (Å²) in [7, 11) is 1.72. The van der Waals surface area contributed by atoms with Crippen molar-refractivity contribution in [2.75, 3.05) is 13.6 Å². The van der Waals surface area contributed by atoms with E-state index < -0.39 is 11.7 Å². The van der Waals surface area contributed by atoms with E-state index in [9.17, 15) is 18.0 Å². The second-order valence-corrected chi connectivity index (χ2v) is 5.74. The highest BCUT2D eigenvalue weighted by atomic mass is 19.4. The predicted octanol–water partition coefficient (Wildman–Crippen LogP) is 2.44. The van der Waals surface area contributed by atoms with Gasteiger partial charge in [0.15, 0.2) is 0 Å². The van der Waals surface area contributed by atoms with Crippen LogP contribution >= 0.6 is 0 Å². The van der Waals surface area contributed by atoms with Gasteiger partial charge in [-0.05, 0) is 36.5 Å². The number of hydrogen-bond acceptors (Lipinski definition) is 2. The highest BCUT2D eigenvalue weighted by Gasteiger charge is 2.30. The second-order valence-electron chi connectivity index (χ2n) is 5.74. The van der Waals surface area contributed by atoms with Crippen LogP contribution in [0.4, 0.5) is 13.2 Å². The molecule has 1 aliphatic carbocycles. The van der Waals surface area contributed by atoms with Crippen LogP contribution in [0.1, 0.15) is 24.0 Å². The van der Waals surface area contributed by atoms with Gasteiger partial charge in [0.2, 0.25) is 5.91 Å². The van der Waals surface area contributed by atoms with Gasteiger partial charge in [-0.2, -0.15) is 13.2 Å². The molecule has 21 heavy (non-hydrogen) atoms. The summed E-state index contributed by atoms with van der Waals surface area (Å²) in [5, 5.41) is 0. The van der Waals surface area contributed by atoms with Gasteiger partial charge in [0.25, 0.3) is 0 Å². The molecule has 0 heterocycles. The Morgan fingerprint density at radius 2 is 1.86 bits per heavy atom. The van der Waals surface area contributed by atoms with Gasteiger partial charge in [-0.15, -0.1) is 0 Å². The van der Waals surface area contributed by atoms with E-state index in [1.54, 1.807) is 11.9 Å². The molecule has 116 valence electrons. The van der Waals surface area contributed by atoms with E-state index >= 15 is 0 Å². The van der Waals surface area contributed by atoms with Gasteiger partial charge in [0.1, 0.15) is 0 Å². The normalized spacial score (nSPS) is 21.8. The van der Waals surface area contributed by atoms with Gasteiger partial charge in [-0.25, -0.2) is 0 Å². The summed E-state index contributed by atoms with van der Waals surface area (Å²) in [5.74, 6) is 0.358. The largest absolute Gasteiger partial charge is 0.416 e. The number of rotatable bonds is 4. The topological polar surface area (TPSA) is 46.3 Å². The fourth-order valence-corrected chi connectivity index (χ4v) is 2.55. The average Bonchev–Trinajstić information content (AvgIpc) is 2.36. The van der Waals surface area contributed by atoms with Gasteiger partial charge in [-0.1, -0.05) is 12.1 Å². The Morgan fingerprint density at radius 3 is 2.33 bits per heavy atom. The van der Waals surface area contributed by atoms with Crippen LogP contribution in [0.25, 0.3) is 0 Å². The van der Waals surface area contributed by atoms with Crippen molar-refractivity contribution in [3.8, 4) is 0 Å². The summed E-state index contributed by atoms with van der Waals surface area (Å²) in [6.07, 6.45) is -2.37. The van der Waals surface area contributed by atoms with Crippen molar-refractivity contribution in [2.24, 2.45) is 11.7 Å². The standard InChI is InChI=1S/C15H19F3N2O/c1-20(9-11-6-13(19)7-11)14(21)8-10-2-4-12(5-3-10)15(16,17)18/h2-5,11,13H,6-9,19H2,1H3. The summed E-state index contributed by atoms with van der Waals surface area (Å²) in [4.78, 5) is 13.7. The SMILES string of the molecule is CN(CC1CC(N)C1)C(=O)Cc1ccc(C(F)(F)F)cc1. The van der Waals surface area contributed by atoms with Crippen LogP contribution in [-0.4, -0.2) is 30.4 Å². The Hall–Kier alpha value is -1.56. The molecule has 1 aromatic carbocycles. The van der Waals surface area contributed by atoms with Crippen LogP contribution in [-0.2, 0) is 17.4 Å². The first kappa shape index (κ1) is 15.8. The van der Waals surface area contributed by atoms with Crippen LogP contribution in [0.5, 0.6) is 0 Å². The van der Waals surface area contributed by atoms with Crippen molar-refractivity contribution in [2.45, 2.75) is 31.5 Å². The summed E-state index contributed by atoms with van der Waals surface area (Å²) in [5.41, 5.74) is 5.59. The van der Waals surface area contributed by atoms with Gasteiger partial charge < -0.3 is 10.6 Å². The molecular formula is C15H19F3N2O. The van der Waals surface area contributed by atoms with Crippen LogP contribution in [0.3, 0.4) is 0 Å². The van der Waals surface area contributed by atoms with Crippen LogP contribution in [0.15, 0.2) is 24.3 Å². The third-order valence-electron chi connectivity index (χ3n) is 3.87. The summed E-state index contributed by atoms with van der Waals surface area (Å²) < 4.78 is 37.3. The number of nitrogens with two attached hydrogens (primary N) is 1. The predicted molar refractivity (Wildman–Crippen MR) is 73.5 cm³/mol. The molecular weight excluding hydrogens is 281 g/mol. The number of amides is 1. The van der Waals surface area contributed by atoms with E-state index in [1.165, 1.54) is 12.1 Å². The van der Waals surface area contributed by atoms with Gasteiger partial charge in [-0.3, -0.25) is 4.79 Å². The van der Waals surface area contributed by atoms with Gasteiger partial charge in [0.05, 0.1) is 12.0 Å². The number of benzene rings is 1. The highest BCUT2D eigenvalue weighted by molar-refractivity contribution is 5.78.